The summed E-state index contributed by atoms with van der Waals surface area (Å²) < 4.78 is 4.94. The number of hydrogen-bond acceptors (Lipinski definition) is 5. The zero-order valence-corrected chi connectivity index (χ0v) is 11.1. The van der Waals surface area contributed by atoms with Gasteiger partial charge in [0.25, 0.3) is 5.91 Å². The molecule has 0 saturated heterocycles. The summed E-state index contributed by atoms with van der Waals surface area (Å²) in [4.78, 5) is 15.9. The maximum absolute atomic E-state index is 11.9. The summed E-state index contributed by atoms with van der Waals surface area (Å²) in [6.07, 6.45) is 0.465. The molecule has 6 nitrogen and oxygen atoms in total. The van der Waals surface area contributed by atoms with E-state index >= 15 is 0 Å². The van der Waals surface area contributed by atoms with Crippen molar-refractivity contribution in [1.29, 1.82) is 0 Å². The second-order valence-corrected chi connectivity index (χ2v) is 4.41. The number of aromatic nitrogens is 2. The minimum atomic E-state index is -0.281. The van der Waals surface area contributed by atoms with E-state index in [0.29, 0.717) is 41.0 Å². The molecular weight excluding hydrogens is 268 g/mol. The van der Waals surface area contributed by atoms with Crippen LogP contribution in [0.4, 0.5) is 5.69 Å². The molecule has 0 unspecified atom stereocenters. The highest BCUT2D eigenvalue weighted by molar-refractivity contribution is 6.31. The number of hydrogen-bond donors (Lipinski definition) is 2. The third kappa shape index (κ3) is 3.45. The number of anilines is 1. The third-order valence-electron chi connectivity index (χ3n) is 2.45. The summed E-state index contributed by atoms with van der Waals surface area (Å²) in [5.41, 5.74) is 6.46. The molecular formula is C12H13ClN4O2. The second kappa shape index (κ2) is 5.71. The first-order chi connectivity index (χ1) is 9.06. The van der Waals surface area contributed by atoms with Gasteiger partial charge in [0.15, 0.2) is 5.82 Å². The van der Waals surface area contributed by atoms with Crippen LogP contribution in [-0.2, 0) is 6.42 Å². The molecule has 1 amide bonds. The number of amides is 1. The van der Waals surface area contributed by atoms with Gasteiger partial charge in [-0.3, -0.25) is 4.79 Å². The van der Waals surface area contributed by atoms with Crippen molar-refractivity contribution in [3.05, 3.63) is 40.5 Å². The van der Waals surface area contributed by atoms with Crippen LogP contribution in [0.1, 0.15) is 22.1 Å². The number of aryl methyl sites for hydroxylation is 1. The first-order valence-corrected chi connectivity index (χ1v) is 6.06. The average molecular weight is 281 g/mol. The lowest BCUT2D eigenvalue weighted by atomic mass is 10.1. The Morgan fingerprint density at radius 3 is 3.00 bits per heavy atom. The molecule has 19 heavy (non-hydrogen) atoms. The van der Waals surface area contributed by atoms with E-state index in [2.05, 4.69) is 15.5 Å². The van der Waals surface area contributed by atoms with E-state index in [4.69, 9.17) is 21.9 Å². The van der Waals surface area contributed by atoms with E-state index in [-0.39, 0.29) is 5.91 Å². The molecule has 0 saturated carbocycles. The van der Waals surface area contributed by atoms with Gasteiger partial charge in [0.05, 0.1) is 5.56 Å². The molecule has 2 rings (SSSR count). The normalized spacial score (nSPS) is 10.4. The van der Waals surface area contributed by atoms with Gasteiger partial charge in [-0.05, 0) is 25.1 Å². The number of nitrogens with one attached hydrogen (secondary N) is 1. The number of nitrogens with zero attached hydrogens (tertiary/aromatic N) is 2. The molecule has 1 heterocycles. The van der Waals surface area contributed by atoms with Gasteiger partial charge in [0.2, 0.25) is 5.89 Å². The Labute approximate surface area is 114 Å². The molecule has 0 atom stereocenters. The SMILES string of the molecule is Cc1noc(CCNC(=O)c2cc(Cl)ccc2N)n1. The van der Waals surface area contributed by atoms with Crippen LogP contribution in [0.3, 0.4) is 0 Å². The lowest BCUT2D eigenvalue weighted by molar-refractivity contribution is 0.0954. The molecule has 0 spiro atoms. The first-order valence-electron chi connectivity index (χ1n) is 5.68. The van der Waals surface area contributed by atoms with Crippen molar-refractivity contribution in [1.82, 2.24) is 15.5 Å². The maximum atomic E-state index is 11.9. The van der Waals surface area contributed by atoms with Gasteiger partial charge in [0.1, 0.15) is 0 Å². The number of benzene rings is 1. The quantitative estimate of drug-likeness (QED) is 0.829. The summed E-state index contributed by atoms with van der Waals surface area (Å²) >= 11 is 5.82. The third-order valence-corrected chi connectivity index (χ3v) is 2.69. The highest BCUT2D eigenvalue weighted by atomic mass is 35.5. The van der Waals surface area contributed by atoms with Gasteiger partial charge in [-0.1, -0.05) is 16.8 Å². The zero-order valence-electron chi connectivity index (χ0n) is 10.3. The van der Waals surface area contributed by atoms with Crippen LogP contribution >= 0.6 is 11.6 Å². The maximum Gasteiger partial charge on any atom is 0.253 e. The predicted molar refractivity (Wildman–Crippen MR) is 70.9 cm³/mol. The molecule has 0 aliphatic heterocycles. The Balaban J connectivity index is 1.92. The van der Waals surface area contributed by atoms with Crippen molar-refractivity contribution in [2.45, 2.75) is 13.3 Å². The van der Waals surface area contributed by atoms with Crippen molar-refractivity contribution in [3.8, 4) is 0 Å². The van der Waals surface area contributed by atoms with Crippen LogP contribution in [0.15, 0.2) is 22.7 Å². The molecule has 0 aliphatic rings. The second-order valence-electron chi connectivity index (χ2n) is 3.97. The average Bonchev–Trinajstić information content (AvgIpc) is 2.78. The Bertz CT molecular complexity index is 597. The van der Waals surface area contributed by atoms with E-state index in [9.17, 15) is 4.79 Å². The molecule has 3 N–H and O–H groups in total. The standard InChI is InChI=1S/C12H13ClN4O2/c1-7-16-11(19-17-7)4-5-15-12(18)9-6-8(13)2-3-10(9)14/h2-3,6H,4-5,14H2,1H3,(H,15,18). The van der Waals surface area contributed by atoms with Crippen molar-refractivity contribution < 1.29 is 9.32 Å². The summed E-state index contributed by atoms with van der Waals surface area (Å²) in [6, 6.07) is 4.76. The van der Waals surface area contributed by atoms with E-state index in [1.165, 1.54) is 6.07 Å². The molecule has 0 aliphatic carbocycles. The van der Waals surface area contributed by atoms with Crippen molar-refractivity contribution in [3.63, 3.8) is 0 Å². The van der Waals surface area contributed by atoms with Crippen LogP contribution in [0, 0.1) is 6.92 Å². The molecule has 0 fully saturated rings. The number of carbonyl (C=O) groups is 1. The fourth-order valence-electron chi connectivity index (χ4n) is 1.54. The predicted octanol–water partition coefficient (Wildman–Crippen LogP) is 1.59. The Hall–Kier alpha value is -2.08. The summed E-state index contributed by atoms with van der Waals surface area (Å²) in [7, 11) is 0. The number of halogens is 1. The summed E-state index contributed by atoms with van der Waals surface area (Å²) in [5.74, 6) is 0.772. The highest BCUT2D eigenvalue weighted by Gasteiger charge is 2.10. The molecule has 2 aromatic rings. The smallest absolute Gasteiger partial charge is 0.253 e. The number of rotatable bonds is 4. The van der Waals surface area contributed by atoms with Gasteiger partial charge >= 0.3 is 0 Å². The Morgan fingerprint density at radius 1 is 1.53 bits per heavy atom. The summed E-state index contributed by atoms with van der Waals surface area (Å²) in [6.45, 7) is 2.12. The Morgan fingerprint density at radius 2 is 2.32 bits per heavy atom. The van der Waals surface area contributed by atoms with Crippen LogP contribution in [0.5, 0.6) is 0 Å². The fraction of sp³-hybridized carbons (Fsp3) is 0.250. The summed E-state index contributed by atoms with van der Waals surface area (Å²) in [5, 5.41) is 6.85. The fourth-order valence-corrected chi connectivity index (χ4v) is 1.72. The zero-order chi connectivity index (χ0) is 13.8. The topological polar surface area (TPSA) is 94.0 Å². The lowest BCUT2D eigenvalue weighted by Crippen LogP contribution is -2.26. The van der Waals surface area contributed by atoms with Gasteiger partial charge in [-0.25, -0.2) is 0 Å². The van der Waals surface area contributed by atoms with E-state index < -0.39 is 0 Å². The van der Waals surface area contributed by atoms with Gasteiger partial charge in [-0.2, -0.15) is 4.98 Å². The van der Waals surface area contributed by atoms with Gasteiger partial charge < -0.3 is 15.6 Å². The van der Waals surface area contributed by atoms with E-state index in [0.717, 1.165) is 0 Å². The minimum absolute atomic E-state index is 0.281. The van der Waals surface area contributed by atoms with Gasteiger partial charge in [-0.15, -0.1) is 0 Å². The molecule has 0 bridgehead atoms. The molecule has 0 radical (unpaired) electrons. The van der Waals surface area contributed by atoms with Crippen LogP contribution in [0.25, 0.3) is 0 Å². The minimum Gasteiger partial charge on any atom is -0.398 e. The molecule has 1 aromatic carbocycles. The lowest BCUT2D eigenvalue weighted by Gasteiger charge is -2.06. The largest absolute Gasteiger partial charge is 0.398 e. The van der Waals surface area contributed by atoms with Crippen LogP contribution in [-0.4, -0.2) is 22.6 Å². The molecule has 100 valence electrons. The number of nitrogen functional groups attached to an aromatic ring is 1. The number of nitrogens with two attached hydrogens (primary N) is 1. The molecule has 1 aromatic heterocycles. The van der Waals surface area contributed by atoms with Crippen LogP contribution < -0.4 is 11.1 Å². The Kier molecular flexibility index (Phi) is 4.01. The van der Waals surface area contributed by atoms with Crippen molar-refractivity contribution in [2.75, 3.05) is 12.3 Å². The number of carbonyl (C=O) groups excluding carboxylic acids is 1. The highest BCUT2D eigenvalue weighted by Crippen LogP contribution is 2.17. The monoisotopic (exact) mass is 280 g/mol. The van der Waals surface area contributed by atoms with Crippen molar-refractivity contribution >= 4 is 23.2 Å². The van der Waals surface area contributed by atoms with Crippen LogP contribution in [0.2, 0.25) is 5.02 Å². The van der Waals surface area contributed by atoms with E-state index in [1.54, 1.807) is 19.1 Å². The van der Waals surface area contributed by atoms with Crippen molar-refractivity contribution in [2.24, 2.45) is 0 Å². The van der Waals surface area contributed by atoms with Gasteiger partial charge in [0, 0.05) is 23.7 Å². The first kappa shape index (κ1) is 13.4. The molecule has 7 heteroatoms. The van der Waals surface area contributed by atoms with E-state index in [1.807, 2.05) is 0 Å².